The second-order valence-corrected chi connectivity index (χ2v) is 6.17. The molecule has 0 aliphatic carbocycles. The van der Waals surface area contributed by atoms with Gasteiger partial charge in [-0.3, -0.25) is 4.79 Å². The average molecular weight is 304 g/mol. The summed E-state index contributed by atoms with van der Waals surface area (Å²) in [6.07, 6.45) is 1.16. The molecule has 110 valence electrons. The van der Waals surface area contributed by atoms with Crippen molar-refractivity contribution in [3.05, 3.63) is 59.2 Å². The summed E-state index contributed by atoms with van der Waals surface area (Å²) < 4.78 is 29.9. The van der Waals surface area contributed by atoms with E-state index in [-0.39, 0.29) is 10.5 Å². The summed E-state index contributed by atoms with van der Waals surface area (Å²) in [5.74, 6) is 0.295. The van der Waals surface area contributed by atoms with Gasteiger partial charge in [0.2, 0.25) is 0 Å². The van der Waals surface area contributed by atoms with Crippen molar-refractivity contribution >= 4 is 16.4 Å². The molecule has 0 unspecified atom stereocenters. The lowest BCUT2D eigenvalue weighted by Gasteiger charge is -2.12. The molecule has 0 spiro atoms. The quantitative estimate of drug-likeness (QED) is 0.629. The number of benzene rings is 2. The Kier molecular flexibility index (Phi) is 4.43. The van der Waals surface area contributed by atoms with Crippen molar-refractivity contribution in [3.8, 4) is 5.75 Å². The number of carbonyl (C=O) groups is 1. The highest BCUT2D eigenvalue weighted by atomic mass is 32.2. The SMILES string of the molecule is CCc1cc(C)ccc1OS(=O)(=O)c1ccccc1C=O. The van der Waals surface area contributed by atoms with Gasteiger partial charge in [0.15, 0.2) is 6.29 Å². The standard InChI is InChI=1S/C16H16O4S/c1-3-13-10-12(2)8-9-15(13)20-21(18,19)16-7-5-4-6-14(16)11-17/h4-11H,3H2,1-2H3. The van der Waals surface area contributed by atoms with E-state index in [9.17, 15) is 13.2 Å². The van der Waals surface area contributed by atoms with Gasteiger partial charge in [0.1, 0.15) is 10.6 Å². The van der Waals surface area contributed by atoms with Crippen molar-refractivity contribution in [1.82, 2.24) is 0 Å². The third kappa shape index (κ3) is 3.31. The number of aldehydes is 1. The second-order valence-electron chi connectivity index (χ2n) is 4.66. The van der Waals surface area contributed by atoms with Crippen molar-refractivity contribution < 1.29 is 17.4 Å². The van der Waals surface area contributed by atoms with E-state index in [1.54, 1.807) is 24.3 Å². The first-order valence-corrected chi connectivity index (χ1v) is 7.97. The summed E-state index contributed by atoms with van der Waals surface area (Å²) in [5.41, 5.74) is 1.93. The Labute approximate surface area is 124 Å². The van der Waals surface area contributed by atoms with Crippen LogP contribution in [0.4, 0.5) is 0 Å². The smallest absolute Gasteiger partial charge is 0.339 e. The van der Waals surface area contributed by atoms with Gasteiger partial charge >= 0.3 is 10.1 Å². The summed E-state index contributed by atoms with van der Waals surface area (Å²) in [6, 6.07) is 11.3. The summed E-state index contributed by atoms with van der Waals surface area (Å²) in [5, 5.41) is 0. The van der Waals surface area contributed by atoms with Crippen LogP contribution in [0, 0.1) is 6.92 Å². The minimum absolute atomic E-state index is 0.0858. The number of aryl methyl sites for hydroxylation is 2. The molecule has 2 rings (SSSR count). The van der Waals surface area contributed by atoms with Gasteiger partial charge in [-0.1, -0.05) is 42.8 Å². The Hall–Kier alpha value is -2.14. The molecule has 2 aromatic rings. The van der Waals surface area contributed by atoms with Gasteiger partial charge in [-0.05, 0) is 31.0 Å². The molecule has 5 heteroatoms. The van der Waals surface area contributed by atoms with Crippen LogP contribution in [0.1, 0.15) is 28.4 Å². The van der Waals surface area contributed by atoms with Gasteiger partial charge < -0.3 is 4.18 Å². The topological polar surface area (TPSA) is 60.4 Å². The fourth-order valence-electron chi connectivity index (χ4n) is 2.03. The molecule has 4 nitrogen and oxygen atoms in total. The van der Waals surface area contributed by atoms with E-state index in [0.717, 1.165) is 11.1 Å². The molecule has 0 aliphatic rings. The van der Waals surface area contributed by atoms with Crippen LogP contribution in [0.25, 0.3) is 0 Å². The Morgan fingerprint density at radius 3 is 2.52 bits per heavy atom. The lowest BCUT2D eigenvalue weighted by Crippen LogP contribution is -2.13. The zero-order valence-corrected chi connectivity index (χ0v) is 12.7. The average Bonchev–Trinajstić information content (AvgIpc) is 2.48. The number of hydrogen-bond acceptors (Lipinski definition) is 4. The summed E-state index contributed by atoms with van der Waals surface area (Å²) in [7, 11) is -4.03. The second kappa shape index (κ2) is 6.10. The largest absolute Gasteiger partial charge is 0.379 e. The normalized spacial score (nSPS) is 11.1. The molecule has 21 heavy (non-hydrogen) atoms. The minimum Gasteiger partial charge on any atom is -0.379 e. The first-order chi connectivity index (χ1) is 9.97. The molecule has 0 aliphatic heterocycles. The van der Waals surface area contributed by atoms with E-state index in [4.69, 9.17) is 4.18 Å². The van der Waals surface area contributed by atoms with Crippen LogP contribution in [-0.2, 0) is 16.5 Å². The number of hydrogen-bond donors (Lipinski definition) is 0. The Bertz CT molecular complexity index is 764. The summed E-state index contributed by atoms with van der Waals surface area (Å²) in [6.45, 7) is 3.85. The van der Waals surface area contributed by atoms with E-state index >= 15 is 0 Å². The lowest BCUT2D eigenvalue weighted by molar-refractivity contribution is 0.112. The fourth-order valence-corrected chi connectivity index (χ4v) is 3.17. The van der Waals surface area contributed by atoms with Crippen LogP contribution in [-0.4, -0.2) is 14.7 Å². The number of rotatable bonds is 5. The maximum Gasteiger partial charge on any atom is 0.339 e. The van der Waals surface area contributed by atoms with Gasteiger partial charge in [0, 0.05) is 5.56 Å². The maximum atomic E-state index is 12.4. The summed E-state index contributed by atoms with van der Waals surface area (Å²) in [4.78, 5) is 10.9. The van der Waals surface area contributed by atoms with Gasteiger partial charge in [-0.25, -0.2) is 0 Å². The molecule has 0 atom stereocenters. The van der Waals surface area contributed by atoms with Crippen LogP contribution in [0.3, 0.4) is 0 Å². The van der Waals surface area contributed by atoms with Crippen LogP contribution < -0.4 is 4.18 Å². The zero-order valence-electron chi connectivity index (χ0n) is 11.9. The molecule has 0 saturated heterocycles. The van der Waals surface area contributed by atoms with Crippen LogP contribution in [0.5, 0.6) is 5.75 Å². The predicted molar refractivity (Wildman–Crippen MR) is 80.2 cm³/mol. The fraction of sp³-hybridized carbons (Fsp3) is 0.188. The Morgan fingerprint density at radius 2 is 1.86 bits per heavy atom. The van der Waals surface area contributed by atoms with Crippen LogP contribution in [0.2, 0.25) is 0 Å². The van der Waals surface area contributed by atoms with Crippen molar-refractivity contribution in [2.45, 2.75) is 25.2 Å². The highest BCUT2D eigenvalue weighted by Gasteiger charge is 2.21. The molecule has 0 amide bonds. The summed E-state index contributed by atoms with van der Waals surface area (Å²) >= 11 is 0. The van der Waals surface area contributed by atoms with Crippen molar-refractivity contribution in [2.24, 2.45) is 0 Å². The highest BCUT2D eigenvalue weighted by molar-refractivity contribution is 7.87. The molecule has 0 saturated carbocycles. The van der Waals surface area contributed by atoms with Gasteiger partial charge in [-0.2, -0.15) is 8.42 Å². The first-order valence-electron chi connectivity index (χ1n) is 6.56. The third-order valence-electron chi connectivity index (χ3n) is 3.11. The molecule has 0 bridgehead atoms. The Balaban J connectivity index is 2.45. The van der Waals surface area contributed by atoms with E-state index in [1.807, 2.05) is 19.9 Å². The molecular formula is C16H16O4S. The van der Waals surface area contributed by atoms with Gasteiger partial charge in [-0.15, -0.1) is 0 Å². The molecule has 0 radical (unpaired) electrons. The molecule has 0 N–H and O–H groups in total. The predicted octanol–water partition coefficient (Wildman–Crippen LogP) is 3.14. The lowest BCUT2D eigenvalue weighted by atomic mass is 10.1. The monoisotopic (exact) mass is 304 g/mol. The highest BCUT2D eigenvalue weighted by Crippen LogP contribution is 2.25. The number of carbonyl (C=O) groups excluding carboxylic acids is 1. The first kappa shape index (κ1) is 15.3. The molecule has 2 aromatic carbocycles. The maximum absolute atomic E-state index is 12.4. The minimum atomic E-state index is -4.03. The Morgan fingerprint density at radius 1 is 1.14 bits per heavy atom. The molecular weight excluding hydrogens is 288 g/mol. The van der Waals surface area contributed by atoms with Crippen molar-refractivity contribution in [3.63, 3.8) is 0 Å². The van der Waals surface area contributed by atoms with E-state index in [1.165, 1.54) is 12.1 Å². The van der Waals surface area contributed by atoms with E-state index in [0.29, 0.717) is 18.5 Å². The van der Waals surface area contributed by atoms with E-state index in [2.05, 4.69) is 0 Å². The molecule has 0 aromatic heterocycles. The third-order valence-corrected chi connectivity index (χ3v) is 4.42. The molecule has 0 heterocycles. The van der Waals surface area contributed by atoms with Crippen LogP contribution >= 0.6 is 0 Å². The van der Waals surface area contributed by atoms with Gasteiger partial charge in [0.25, 0.3) is 0 Å². The van der Waals surface area contributed by atoms with Gasteiger partial charge in [0.05, 0.1) is 0 Å². The zero-order chi connectivity index (χ0) is 15.5. The van der Waals surface area contributed by atoms with Crippen molar-refractivity contribution in [1.29, 1.82) is 0 Å². The van der Waals surface area contributed by atoms with Crippen LogP contribution in [0.15, 0.2) is 47.4 Å². The van der Waals surface area contributed by atoms with E-state index < -0.39 is 10.1 Å². The molecule has 0 fully saturated rings. The van der Waals surface area contributed by atoms with Crippen molar-refractivity contribution in [2.75, 3.05) is 0 Å².